The molecule has 1 aromatic rings. The number of carbonyl (C=O) groups excluding carboxylic acids is 1. The van der Waals surface area contributed by atoms with Crippen LogP contribution in [0.15, 0.2) is 22.7 Å². The van der Waals surface area contributed by atoms with Gasteiger partial charge in [-0.25, -0.2) is 4.79 Å². The summed E-state index contributed by atoms with van der Waals surface area (Å²) in [5.41, 5.74) is 1.97. The van der Waals surface area contributed by atoms with Crippen LogP contribution in [-0.2, 0) is 16.0 Å². The summed E-state index contributed by atoms with van der Waals surface area (Å²) < 4.78 is 0.954. The summed E-state index contributed by atoms with van der Waals surface area (Å²) in [7, 11) is 0. The number of carbonyl (C=O) groups is 2. The van der Waals surface area contributed by atoms with Crippen LogP contribution in [0, 0.1) is 12.8 Å². The number of carboxylic acids is 1. The Bertz CT molecular complexity index is 526. The van der Waals surface area contributed by atoms with Crippen LogP contribution in [0.1, 0.15) is 30.4 Å². The summed E-state index contributed by atoms with van der Waals surface area (Å²) in [6, 6.07) is 4.96. The molecule has 1 atom stereocenters. The molecule has 1 saturated carbocycles. The van der Waals surface area contributed by atoms with Gasteiger partial charge in [0.1, 0.15) is 6.04 Å². The smallest absolute Gasteiger partial charge is 0.326 e. The highest BCUT2D eigenvalue weighted by molar-refractivity contribution is 9.10. The van der Waals surface area contributed by atoms with Crippen molar-refractivity contribution in [2.45, 2.75) is 38.6 Å². The average Bonchev–Trinajstić information content (AvgIpc) is 3.17. The SMILES string of the molecule is Cc1ccc(CC(=O)NC(CC2CC2)C(=O)O)cc1Br. The van der Waals surface area contributed by atoms with Crippen LogP contribution in [0.4, 0.5) is 0 Å². The summed E-state index contributed by atoms with van der Waals surface area (Å²) >= 11 is 3.43. The number of amides is 1. The molecule has 5 heteroatoms. The highest BCUT2D eigenvalue weighted by Gasteiger charge is 2.30. The number of carboxylic acid groups (broad SMARTS) is 1. The summed E-state index contributed by atoms with van der Waals surface area (Å²) in [6.07, 6.45) is 2.89. The van der Waals surface area contributed by atoms with Gasteiger partial charge < -0.3 is 10.4 Å². The maximum absolute atomic E-state index is 11.9. The Morgan fingerprint density at radius 2 is 2.15 bits per heavy atom. The van der Waals surface area contributed by atoms with Crippen molar-refractivity contribution >= 4 is 27.8 Å². The molecule has 1 unspecified atom stereocenters. The summed E-state index contributed by atoms with van der Waals surface area (Å²) in [4.78, 5) is 23.1. The number of benzene rings is 1. The normalized spacial score (nSPS) is 15.7. The van der Waals surface area contributed by atoms with Crippen molar-refractivity contribution < 1.29 is 14.7 Å². The number of hydrogen-bond donors (Lipinski definition) is 2. The van der Waals surface area contributed by atoms with E-state index < -0.39 is 12.0 Å². The van der Waals surface area contributed by atoms with Crippen molar-refractivity contribution in [2.75, 3.05) is 0 Å². The molecule has 1 aliphatic rings. The first-order valence-electron chi connectivity index (χ1n) is 6.73. The van der Waals surface area contributed by atoms with Gasteiger partial charge in [-0.2, -0.15) is 0 Å². The molecule has 2 rings (SSSR count). The molecule has 108 valence electrons. The molecule has 0 spiro atoms. The van der Waals surface area contributed by atoms with Crippen LogP contribution in [0.25, 0.3) is 0 Å². The number of nitrogens with one attached hydrogen (secondary N) is 1. The minimum Gasteiger partial charge on any atom is -0.480 e. The van der Waals surface area contributed by atoms with E-state index in [9.17, 15) is 9.59 Å². The second-order valence-electron chi connectivity index (χ2n) is 5.40. The second kappa shape index (κ2) is 6.39. The van der Waals surface area contributed by atoms with Gasteiger partial charge in [-0.3, -0.25) is 4.79 Å². The largest absolute Gasteiger partial charge is 0.480 e. The second-order valence-corrected chi connectivity index (χ2v) is 6.25. The van der Waals surface area contributed by atoms with E-state index in [2.05, 4.69) is 21.2 Å². The lowest BCUT2D eigenvalue weighted by Gasteiger charge is -2.14. The third kappa shape index (κ3) is 4.34. The Labute approximate surface area is 126 Å². The maximum atomic E-state index is 11.9. The Kier molecular flexibility index (Phi) is 4.81. The molecule has 0 heterocycles. The third-order valence-corrected chi connectivity index (χ3v) is 4.35. The molecular weight excluding hydrogens is 322 g/mol. The summed E-state index contributed by atoms with van der Waals surface area (Å²) in [5, 5.41) is 11.7. The first-order chi connectivity index (χ1) is 9.45. The van der Waals surface area contributed by atoms with Crippen LogP contribution in [0.5, 0.6) is 0 Å². The van der Waals surface area contributed by atoms with Crippen LogP contribution in [0.2, 0.25) is 0 Å². The standard InChI is InChI=1S/C15H18BrNO3/c1-9-2-3-11(6-12(9)16)8-14(18)17-13(15(19)20)7-10-4-5-10/h2-3,6,10,13H,4-5,7-8H2,1H3,(H,17,18)(H,19,20). The summed E-state index contributed by atoms with van der Waals surface area (Å²) in [5.74, 6) is -0.728. The van der Waals surface area contributed by atoms with Crippen LogP contribution >= 0.6 is 15.9 Å². The molecule has 2 N–H and O–H groups in total. The zero-order chi connectivity index (χ0) is 14.7. The first-order valence-corrected chi connectivity index (χ1v) is 7.52. The van der Waals surface area contributed by atoms with Crippen LogP contribution < -0.4 is 5.32 Å². The average molecular weight is 340 g/mol. The predicted octanol–water partition coefficient (Wildman–Crippen LogP) is 2.67. The minimum atomic E-state index is -0.949. The topological polar surface area (TPSA) is 66.4 Å². The van der Waals surface area contributed by atoms with Crippen molar-refractivity contribution in [3.63, 3.8) is 0 Å². The Morgan fingerprint density at radius 1 is 1.45 bits per heavy atom. The molecule has 0 aromatic heterocycles. The Hall–Kier alpha value is -1.36. The van der Waals surface area contributed by atoms with Gasteiger partial charge in [-0.05, 0) is 36.5 Å². The van der Waals surface area contributed by atoms with Gasteiger partial charge in [-0.15, -0.1) is 0 Å². The zero-order valence-corrected chi connectivity index (χ0v) is 12.9. The van der Waals surface area contributed by atoms with E-state index in [1.807, 2.05) is 25.1 Å². The monoisotopic (exact) mass is 339 g/mol. The van der Waals surface area contributed by atoms with Crippen LogP contribution in [0.3, 0.4) is 0 Å². The number of rotatable bonds is 6. The van der Waals surface area contributed by atoms with Gasteiger partial charge in [0.2, 0.25) is 5.91 Å². The molecule has 1 aliphatic carbocycles. The van der Waals surface area contributed by atoms with E-state index in [1.165, 1.54) is 0 Å². The molecule has 1 amide bonds. The molecule has 20 heavy (non-hydrogen) atoms. The fourth-order valence-electron chi connectivity index (χ4n) is 2.09. The Balaban J connectivity index is 1.92. The minimum absolute atomic E-state index is 0.202. The fourth-order valence-corrected chi connectivity index (χ4v) is 2.51. The lowest BCUT2D eigenvalue weighted by Crippen LogP contribution is -2.41. The van der Waals surface area contributed by atoms with Gasteiger partial charge in [0.25, 0.3) is 0 Å². The van der Waals surface area contributed by atoms with Gasteiger partial charge >= 0.3 is 5.97 Å². The lowest BCUT2D eigenvalue weighted by atomic mass is 10.1. The number of aliphatic carboxylic acids is 1. The van der Waals surface area contributed by atoms with Crippen LogP contribution in [-0.4, -0.2) is 23.0 Å². The molecule has 0 saturated heterocycles. The van der Waals surface area contributed by atoms with Crippen molar-refractivity contribution in [2.24, 2.45) is 5.92 Å². The number of halogens is 1. The Morgan fingerprint density at radius 3 is 2.70 bits per heavy atom. The van der Waals surface area contributed by atoms with E-state index in [1.54, 1.807) is 0 Å². The van der Waals surface area contributed by atoms with Gasteiger partial charge in [0, 0.05) is 4.47 Å². The van der Waals surface area contributed by atoms with E-state index in [-0.39, 0.29) is 12.3 Å². The third-order valence-electron chi connectivity index (χ3n) is 3.50. The van der Waals surface area contributed by atoms with Gasteiger partial charge in [0.15, 0.2) is 0 Å². The first kappa shape index (κ1) is 15.0. The maximum Gasteiger partial charge on any atom is 0.326 e. The fraction of sp³-hybridized carbons (Fsp3) is 0.467. The highest BCUT2D eigenvalue weighted by Crippen LogP contribution is 2.33. The molecule has 0 radical (unpaired) electrons. The number of hydrogen-bond acceptors (Lipinski definition) is 2. The molecule has 1 aromatic carbocycles. The lowest BCUT2D eigenvalue weighted by molar-refractivity contribution is -0.142. The quantitative estimate of drug-likeness (QED) is 0.837. The molecule has 4 nitrogen and oxygen atoms in total. The highest BCUT2D eigenvalue weighted by atomic mass is 79.9. The van der Waals surface area contributed by atoms with Gasteiger partial charge in [0.05, 0.1) is 6.42 Å². The summed E-state index contributed by atoms with van der Waals surface area (Å²) in [6.45, 7) is 1.98. The van der Waals surface area contributed by atoms with E-state index in [4.69, 9.17) is 5.11 Å². The van der Waals surface area contributed by atoms with E-state index in [0.29, 0.717) is 12.3 Å². The molecule has 0 aliphatic heterocycles. The van der Waals surface area contributed by atoms with E-state index >= 15 is 0 Å². The number of aryl methyl sites for hydroxylation is 1. The van der Waals surface area contributed by atoms with Crippen molar-refractivity contribution in [1.29, 1.82) is 0 Å². The van der Waals surface area contributed by atoms with Crippen molar-refractivity contribution in [1.82, 2.24) is 5.32 Å². The molecular formula is C15H18BrNO3. The molecule has 0 bridgehead atoms. The molecule has 1 fully saturated rings. The van der Waals surface area contributed by atoms with Crippen molar-refractivity contribution in [3.8, 4) is 0 Å². The van der Waals surface area contributed by atoms with Crippen molar-refractivity contribution in [3.05, 3.63) is 33.8 Å². The predicted molar refractivity (Wildman–Crippen MR) is 79.5 cm³/mol. The van der Waals surface area contributed by atoms with Gasteiger partial charge in [-0.1, -0.05) is 40.9 Å². The van der Waals surface area contributed by atoms with E-state index in [0.717, 1.165) is 28.4 Å². The zero-order valence-electron chi connectivity index (χ0n) is 11.4.